The highest BCUT2D eigenvalue weighted by molar-refractivity contribution is 5.89. The number of rotatable bonds is 4. The number of carbonyl (C=O) groups excluding carboxylic acids is 1. The number of amides is 2. The Labute approximate surface area is 102 Å². The van der Waals surface area contributed by atoms with Crippen molar-refractivity contribution in [2.45, 2.75) is 12.6 Å². The predicted octanol–water partition coefficient (Wildman–Crippen LogP) is 2.18. The molecule has 0 aliphatic carbocycles. The maximum Gasteiger partial charge on any atom is 0.416 e. The second-order valence-electron chi connectivity index (χ2n) is 3.60. The van der Waals surface area contributed by atoms with Gasteiger partial charge in [0.2, 0.25) is 0 Å². The normalized spacial score (nSPS) is 11.1. The summed E-state index contributed by atoms with van der Waals surface area (Å²) in [5, 5.41) is 4.95. The number of benzene rings is 1. The van der Waals surface area contributed by atoms with Crippen molar-refractivity contribution in [3.05, 3.63) is 29.8 Å². The molecular weight excluding hydrogens is 247 g/mol. The van der Waals surface area contributed by atoms with Crippen LogP contribution < -0.4 is 16.4 Å². The van der Waals surface area contributed by atoms with Crippen LogP contribution in [0.5, 0.6) is 0 Å². The largest absolute Gasteiger partial charge is 0.416 e. The SMILES string of the molecule is NCCCNC(=O)Nc1ccc(C(F)(F)F)cc1. The first kappa shape index (κ1) is 14.3. The lowest BCUT2D eigenvalue weighted by atomic mass is 10.2. The van der Waals surface area contributed by atoms with Gasteiger partial charge >= 0.3 is 12.2 Å². The average molecular weight is 261 g/mol. The van der Waals surface area contributed by atoms with E-state index in [1.165, 1.54) is 12.1 Å². The third-order valence-electron chi connectivity index (χ3n) is 2.14. The standard InChI is InChI=1S/C11H14F3N3O/c12-11(13,14)8-2-4-9(5-3-8)17-10(18)16-7-1-6-15/h2-5H,1,6-7,15H2,(H2,16,17,18). The van der Waals surface area contributed by atoms with Gasteiger partial charge in [-0.1, -0.05) is 0 Å². The molecule has 0 aliphatic rings. The summed E-state index contributed by atoms with van der Waals surface area (Å²) in [6.45, 7) is 0.878. The van der Waals surface area contributed by atoms with E-state index in [-0.39, 0.29) is 0 Å². The van der Waals surface area contributed by atoms with E-state index in [0.29, 0.717) is 25.2 Å². The summed E-state index contributed by atoms with van der Waals surface area (Å²) in [5.41, 5.74) is 4.79. The molecular formula is C11H14F3N3O. The number of nitrogens with one attached hydrogen (secondary N) is 2. The lowest BCUT2D eigenvalue weighted by molar-refractivity contribution is -0.137. The van der Waals surface area contributed by atoms with Gasteiger partial charge in [0.05, 0.1) is 5.56 Å². The first-order valence-electron chi connectivity index (χ1n) is 5.35. The van der Waals surface area contributed by atoms with Crippen molar-refractivity contribution in [3.8, 4) is 0 Å². The minimum Gasteiger partial charge on any atom is -0.338 e. The average Bonchev–Trinajstić information content (AvgIpc) is 2.29. The highest BCUT2D eigenvalue weighted by atomic mass is 19.4. The topological polar surface area (TPSA) is 67.1 Å². The Morgan fingerprint density at radius 3 is 2.33 bits per heavy atom. The molecule has 1 aromatic rings. The van der Waals surface area contributed by atoms with Crippen LogP contribution in [0.3, 0.4) is 0 Å². The molecule has 1 rings (SSSR count). The van der Waals surface area contributed by atoms with Gasteiger partial charge < -0.3 is 16.4 Å². The Morgan fingerprint density at radius 2 is 1.83 bits per heavy atom. The molecule has 0 atom stereocenters. The lowest BCUT2D eigenvalue weighted by Crippen LogP contribution is -2.30. The molecule has 0 saturated carbocycles. The molecule has 2 amide bonds. The number of anilines is 1. The number of urea groups is 1. The van der Waals surface area contributed by atoms with E-state index >= 15 is 0 Å². The van der Waals surface area contributed by atoms with Crippen molar-refractivity contribution in [2.24, 2.45) is 5.73 Å². The molecule has 0 fully saturated rings. The number of carbonyl (C=O) groups is 1. The first-order chi connectivity index (χ1) is 8.43. The van der Waals surface area contributed by atoms with Gasteiger partial charge in [0.15, 0.2) is 0 Å². The summed E-state index contributed by atoms with van der Waals surface area (Å²) >= 11 is 0. The maximum absolute atomic E-state index is 12.3. The van der Waals surface area contributed by atoms with Crippen LogP contribution >= 0.6 is 0 Å². The summed E-state index contributed by atoms with van der Waals surface area (Å²) in [7, 11) is 0. The quantitative estimate of drug-likeness (QED) is 0.727. The zero-order chi connectivity index (χ0) is 13.6. The van der Waals surface area contributed by atoms with Gasteiger partial charge in [-0.3, -0.25) is 0 Å². The maximum atomic E-state index is 12.3. The zero-order valence-corrected chi connectivity index (χ0v) is 9.55. The molecule has 0 aromatic heterocycles. The molecule has 0 bridgehead atoms. The predicted molar refractivity (Wildman–Crippen MR) is 62.1 cm³/mol. The van der Waals surface area contributed by atoms with E-state index < -0.39 is 17.8 Å². The third kappa shape index (κ3) is 4.62. The Morgan fingerprint density at radius 1 is 1.22 bits per heavy atom. The Bertz CT molecular complexity index is 390. The second-order valence-corrected chi connectivity index (χ2v) is 3.60. The van der Waals surface area contributed by atoms with E-state index in [2.05, 4.69) is 10.6 Å². The van der Waals surface area contributed by atoms with E-state index in [1.54, 1.807) is 0 Å². The van der Waals surface area contributed by atoms with Crippen LogP contribution in [-0.2, 0) is 6.18 Å². The monoisotopic (exact) mass is 261 g/mol. The molecule has 7 heteroatoms. The van der Waals surface area contributed by atoms with Crippen LogP contribution in [0.25, 0.3) is 0 Å². The van der Waals surface area contributed by atoms with Gasteiger partial charge in [0.25, 0.3) is 0 Å². The molecule has 0 radical (unpaired) electrons. The van der Waals surface area contributed by atoms with E-state index in [1.807, 2.05) is 0 Å². The fourth-order valence-electron chi connectivity index (χ4n) is 1.22. The molecule has 18 heavy (non-hydrogen) atoms. The molecule has 0 unspecified atom stereocenters. The molecule has 1 aromatic carbocycles. The minimum absolute atomic E-state index is 0.299. The number of halogens is 3. The smallest absolute Gasteiger partial charge is 0.338 e. The molecule has 4 N–H and O–H groups in total. The minimum atomic E-state index is -4.37. The lowest BCUT2D eigenvalue weighted by Gasteiger charge is -2.09. The number of alkyl halides is 3. The third-order valence-corrected chi connectivity index (χ3v) is 2.14. The number of hydrogen-bond donors (Lipinski definition) is 3. The fourth-order valence-corrected chi connectivity index (χ4v) is 1.22. The Balaban J connectivity index is 2.51. The van der Waals surface area contributed by atoms with Crippen molar-refractivity contribution in [1.29, 1.82) is 0 Å². The first-order valence-corrected chi connectivity index (χ1v) is 5.35. The number of nitrogens with two attached hydrogens (primary N) is 1. The van der Waals surface area contributed by atoms with Gasteiger partial charge in [-0.15, -0.1) is 0 Å². The highest BCUT2D eigenvalue weighted by Gasteiger charge is 2.29. The van der Waals surface area contributed by atoms with Crippen LogP contribution in [0, 0.1) is 0 Å². The number of hydrogen-bond acceptors (Lipinski definition) is 2. The molecule has 0 heterocycles. The fraction of sp³-hybridized carbons (Fsp3) is 0.364. The van der Waals surface area contributed by atoms with Crippen LogP contribution in [0.2, 0.25) is 0 Å². The summed E-state index contributed by atoms with van der Waals surface area (Å²) in [5.74, 6) is 0. The molecule has 0 spiro atoms. The van der Waals surface area contributed by atoms with Crippen molar-refractivity contribution in [1.82, 2.24) is 5.32 Å². The zero-order valence-electron chi connectivity index (χ0n) is 9.55. The van der Waals surface area contributed by atoms with Crippen LogP contribution in [-0.4, -0.2) is 19.1 Å². The van der Waals surface area contributed by atoms with Crippen LogP contribution in [0.15, 0.2) is 24.3 Å². The van der Waals surface area contributed by atoms with Crippen molar-refractivity contribution < 1.29 is 18.0 Å². The Hall–Kier alpha value is -1.76. The van der Waals surface area contributed by atoms with Gasteiger partial charge in [0, 0.05) is 12.2 Å². The molecule has 0 aliphatic heterocycles. The van der Waals surface area contributed by atoms with E-state index in [0.717, 1.165) is 12.1 Å². The summed E-state index contributed by atoms with van der Waals surface area (Å²) in [4.78, 5) is 11.3. The van der Waals surface area contributed by atoms with Gasteiger partial charge in [-0.2, -0.15) is 13.2 Å². The molecule has 4 nitrogen and oxygen atoms in total. The van der Waals surface area contributed by atoms with Crippen molar-refractivity contribution in [3.63, 3.8) is 0 Å². The highest BCUT2D eigenvalue weighted by Crippen LogP contribution is 2.29. The van der Waals surface area contributed by atoms with E-state index in [4.69, 9.17) is 5.73 Å². The van der Waals surface area contributed by atoms with Crippen LogP contribution in [0.1, 0.15) is 12.0 Å². The summed E-state index contributed by atoms with van der Waals surface area (Å²) in [6, 6.07) is 3.75. The van der Waals surface area contributed by atoms with Gasteiger partial charge in [-0.25, -0.2) is 4.79 Å². The van der Waals surface area contributed by atoms with Crippen molar-refractivity contribution in [2.75, 3.05) is 18.4 Å². The summed E-state index contributed by atoms with van der Waals surface area (Å²) in [6.07, 6.45) is -3.73. The van der Waals surface area contributed by atoms with Crippen molar-refractivity contribution >= 4 is 11.7 Å². The van der Waals surface area contributed by atoms with Crippen LogP contribution in [0.4, 0.5) is 23.7 Å². The van der Waals surface area contributed by atoms with E-state index in [9.17, 15) is 18.0 Å². The van der Waals surface area contributed by atoms with Gasteiger partial charge in [0.1, 0.15) is 0 Å². The summed E-state index contributed by atoms with van der Waals surface area (Å²) < 4.78 is 36.8. The molecule has 0 saturated heterocycles. The van der Waals surface area contributed by atoms with Gasteiger partial charge in [-0.05, 0) is 37.2 Å². The molecule has 100 valence electrons. The second kappa shape index (κ2) is 6.25. The Kier molecular flexibility index (Phi) is 4.96.